The minimum atomic E-state index is -0.608. The number of hydrogen-bond donors (Lipinski definition) is 0. The first-order valence-corrected chi connectivity index (χ1v) is 11.6. The lowest BCUT2D eigenvalue weighted by Crippen LogP contribution is -2.35. The molecule has 0 saturated heterocycles. The van der Waals surface area contributed by atoms with Gasteiger partial charge in [-0.1, -0.05) is 117 Å². The van der Waals surface area contributed by atoms with Gasteiger partial charge in [0.15, 0.2) is 0 Å². The highest BCUT2D eigenvalue weighted by Crippen LogP contribution is 2.45. The van der Waals surface area contributed by atoms with Crippen LogP contribution in [-0.2, 0) is 11.8 Å². The molecule has 0 aromatic heterocycles. The summed E-state index contributed by atoms with van der Waals surface area (Å²) in [6, 6.07) is 38.0. The third-order valence-electron chi connectivity index (χ3n) is 6.10. The zero-order chi connectivity index (χ0) is 19.8. The smallest absolute Gasteiger partial charge is 0.0158 e. The van der Waals surface area contributed by atoms with Crippen molar-refractivity contribution in [1.29, 1.82) is 0 Å². The van der Waals surface area contributed by atoms with E-state index in [1.54, 1.807) is 0 Å². The van der Waals surface area contributed by atoms with E-state index in [0.717, 1.165) is 6.42 Å². The Morgan fingerprint density at radius 3 is 1.79 bits per heavy atom. The Morgan fingerprint density at radius 2 is 1.14 bits per heavy atom. The summed E-state index contributed by atoms with van der Waals surface area (Å²) >= 11 is 0. The van der Waals surface area contributed by atoms with Gasteiger partial charge in [-0.05, 0) is 52.5 Å². The molecule has 0 amide bonds. The van der Waals surface area contributed by atoms with E-state index in [2.05, 4.69) is 117 Å². The average molecular weight is 392 g/mol. The van der Waals surface area contributed by atoms with Gasteiger partial charge in [0.1, 0.15) is 0 Å². The molecule has 0 aliphatic heterocycles. The Labute approximate surface area is 175 Å². The lowest BCUT2D eigenvalue weighted by molar-refractivity contribution is 0.615. The molecule has 4 aromatic carbocycles. The molecule has 0 unspecified atom stereocenters. The summed E-state index contributed by atoms with van der Waals surface area (Å²) in [5, 5.41) is 4.32. The summed E-state index contributed by atoms with van der Waals surface area (Å²) in [6.07, 6.45) is 1.02. The molecule has 142 valence electrons. The zero-order valence-corrected chi connectivity index (χ0v) is 17.9. The van der Waals surface area contributed by atoms with Crippen molar-refractivity contribution in [3.63, 3.8) is 0 Å². The minimum Gasteiger partial charge on any atom is -0.0622 e. The molecule has 0 fully saturated rings. The molecule has 4 aromatic rings. The summed E-state index contributed by atoms with van der Waals surface area (Å²) in [4.78, 5) is 0. The van der Waals surface area contributed by atoms with Crippen LogP contribution in [0.3, 0.4) is 0 Å². The standard InChI is InChI=1S/C28H25P/c1-28(2)25-18-10-9-12-21(25)20-22-13-11-19-26(27(22)28)29(23-14-5-3-6-15-23)24-16-7-4-8-17-24/h3-19H,20H2,1-2H3. The second-order valence-electron chi connectivity index (χ2n) is 8.28. The molecule has 0 atom stereocenters. The van der Waals surface area contributed by atoms with Crippen molar-refractivity contribution in [1.82, 2.24) is 0 Å². The van der Waals surface area contributed by atoms with E-state index in [1.807, 2.05) is 0 Å². The van der Waals surface area contributed by atoms with Gasteiger partial charge in [0.05, 0.1) is 0 Å². The second kappa shape index (κ2) is 7.29. The number of rotatable bonds is 3. The fourth-order valence-electron chi connectivity index (χ4n) is 4.85. The van der Waals surface area contributed by atoms with E-state index in [4.69, 9.17) is 0 Å². The summed E-state index contributed by atoms with van der Waals surface area (Å²) in [7, 11) is -0.608. The molecule has 0 heterocycles. The van der Waals surface area contributed by atoms with Crippen LogP contribution in [0.4, 0.5) is 0 Å². The van der Waals surface area contributed by atoms with Crippen LogP contribution >= 0.6 is 7.92 Å². The van der Waals surface area contributed by atoms with E-state index in [1.165, 1.54) is 38.2 Å². The lowest BCUT2D eigenvalue weighted by Gasteiger charge is -2.38. The Hall–Kier alpha value is -2.69. The van der Waals surface area contributed by atoms with Crippen molar-refractivity contribution in [2.45, 2.75) is 25.7 Å². The predicted molar refractivity (Wildman–Crippen MR) is 127 cm³/mol. The zero-order valence-electron chi connectivity index (χ0n) is 17.0. The highest BCUT2D eigenvalue weighted by atomic mass is 31.1. The summed E-state index contributed by atoms with van der Waals surface area (Å²) in [5.74, 6) is 0. The van der Waals surface area contributed by atoms with E-state index in [9.17, 15) is 0 Å². The molecule has 0 N–H and O–H groups in total. The van der Waals surface area contributed by atoms with Crippen LogP contribution in [-0.4, -0.2) is 0 Å². The molecule has 1 heteroatoms. The van der Waals surface area contributed by atoms with E-state index in [0.29, 0.717) is 0 Å². The van der Waals surface area contributed by atoms with Crippen LogP contribution in [0.15, 0.2) is 103 Å². The van der Waals surface area contributed by atoms with Gasteiger partial charge in [0.2, 0.25) is 0 Å². The van der Waals surface area contributed by atoms with Gasteiger partial charge in [-0.15, -0.1) is 0 Å². The summed E-state index contributed by atoms with van der Waals surface area (Å²) < 4.78 is 0. The molecular formula is C28H25P. The molecule has 5 rings (SSSR count). The highest BCUT2D eigenvalue weighted by Gasteiger charge is 2.36. The minimum absolute atomic E-state index is 0.00901. The van der Waals surface area contributed by atoms with Gasteiger partial charge in [-0.25, -0.2) is 0 Å². The van der Waals surface area contributed by atoms with Crippen LogP contribution in [0.25, 0.3) is 0 Å². The maximum Gasteiger partial charge on any atom is 0.0158 e. The van der Waals surface area contributed by atoms with Gasteiger partial charge < -0.3 is 0 Å². The van der Waals surface area contributed by atoms with Gasteiger partial charge >= 0.3 is 0 Å². The summed E-state index contributed by atoms with van der Waals surface area (Å²) in [5.41, 5.74) is 5.93. The molecular weight excluding hydrogens is 367 g/mol. The van der Waals surface area contributed by atoms with Crippen molar-refractivity contribution < 1.29 is 0 Å². The third-order valence-corrected chi connectivity index (χ3v) is 8.58. The average Bonchev–Trinajstić information content (AvgIpc) is 2.75. The SMILES string of the molecule is CC1(C)c2ccccc2Cc2cccc(P(c3ccccc3)c3ccccc3)c21. The first-order valence-electron chi connectivity index (χ1n) is 10.3. The van der Waals surface area contributed by atoms with Crippen LogP contribution in [0, 0.1) is 0 Å². The van der Waals surface area contributed by atoms with E-state index in [-0.39, 0.29) is 5.41 Å². The lowest BCUT2D eigenvalue weighted by atomic mass is 9.69. The van der Waals surface area contributed by atoms with Crippen molar-refractivity contribution in [3.8, 4) is 0 Å². The number of fused-ring (bicyclic) bond motifs is 2. The van der Waals surface area contributed by atoms with Gasteiger partial charge in [-0.2, -0.15) is 0 Å². The highest BCUT2D eigenvalue weighted by molar-refractivity contribution is 7.79. The first kappa shape index (κ1) is 18.3. The van der Waals surface area contributed by atoms with Crippen LogP contribution < -0.4 is 15.9 Å². The van der Waals surface area contributed by atoms with Gasteiger partial charge in [-0.3, -0.25) is 0 Å². The maximum atomic E-state index is 2.40. The molecule has 0 nitrogen and oxygen atoms in total. The Morgan fingerprint density at radius 1 is 0.586 bits per heavy atom. The Kier molecular flexibility index (Phi) is 4.61. The maximum absolute atomic E-state index is 2.40. The van der Waals surface area contributed by atoms with Crippen molar-refractivity contribution in [2.24, 2.45) is 0 Å². The molecule has 0 bridgehead atoms. The van der Waals surface area contributed by atoms with Gasteiger partial charge in [0, 0.05) is 5.41 Å². The fourth-order valence-corrected chi connectivity index (χ4v) is 7.52. The molecule has 29 heavy (non-hydrogen) atoms. The Bertz CT molecular complexity index is 1100. The van der Waals surface area contributed by atoms with Crippen LogP contribution in [0.5, 0.6) is 0 Å². The third kappa shape index (κ3) is 3.13. The molecule has 1 aliphatic carbocycles. The molecule has 0 spiro atoms. The van der Waals surface area contributed by atoms with Crippen LogP contribution in [0.2, 0.25) is 0 Å². The second-order valence-corrected chi connectivity index (χ2v) is 10.5. The van der Waals surface area contributed by atoms with Crippen LogP contribution in [0.1, 0.15) is 36.1 Å². The monoisotopic (exact) mass is 392 g/mol. The number of hydrogen-bond acceptors (Lipinski definition) is 0. The normalized spacial score (nSPS) is 14.3. The van der Waals surface area contributed by atoms with E-state index < -0.39 is 7.92 Å². The molecule has 0 radical (unpaired) electrons. The quantitative estimate of drug-likeness (QED) is 0.394. The molecule has 1 aliphatic rings. The van der Waals surface area contributed by atoms with Crippen molar-refractivity contribution in [3.05, 3.63) is 125 Å². The number of benzene rings is 4. The fraction of sp³-hybridized carbons (Fsp3) is 0.143. The van der Waals surface area contributed by atoms with Crippen molar-refractivity contribution in [2.75, 3.05) is 0 Å². The molecule has 0 saturated carbocycles. The van der Waals surface area contributed by atoms with E-state index >= 15 is 0 Å². The summed E-state index contributed by atoms with van der Waals surface area (Å²) in [6.45, 7) is 4.80. The predicted octanol–water partition coefficient (Wildman–Crippen LogP) is 5.67. The Balaban J connectivity index is 1.77. The largest absolute Gasteiger partial charge is 0.0622 e. The topological polar surface area (TPSA) is 0 Å². The van der Waals surface area contributed by atoms with Gasteiger partial charge in [0.25, 0.3) is 0 Å². The first-order chi connectivity index (χ1) is 14.2. The van der Waals surface area contributed by atoms with Crippen molar-refractivity contribution >= 4 is 23.8 Å².